The van der Waals surface area contributed by atoms with Crippen molar-refractivity contribution in [2.45, 2.75) is 19.3 Å². The largest absolute Gasteiger partial charge is 0.497 e. The highest BCUT2D eigenvalue weighted by Gasteiger charge is 2.36. The highest BCUT2D eigenvalue weighted by atomic mass is 32.1. The Bertz CT molecular complexity index is 904. The fourth-order valence-electron chi connectivity index (χ4n) is 3.02. The van der Waals surface area contributed by atoms with Gasteiger partial charge in [0.25, 0.3) is 0 Å². The normalized spacial score (nSPS) is 17.3. The van der Waals surface area contributed by atoms with Crippen molar-refractivity contribution in [1.29, 1.82) is 0 Å². The van der Waals surface area contributed by atoms with Crippen molar-refractivity contribution in [3.63, 3.8) is 0 Å². The van der Waals surface area contributed by atoms with Crippen LogP contribution in [0.5, 0.6) is 5.75 Å². The number of aromatic nitrogens is 2. The van der Waals surface area contributed by atoms with E-state index in [2.05, 4.69) is 10.1 Å². The van der Waals surface area contributed by atoms with Gasteiger partial charge in [-0.2, -0.15) is 4.98 Å². The molecule has 25 heavy (non-hydrogen) atoms. The number of carbonyl (C=O) groups is 1. The third kappa shape index (κ3) is 2.91. The number of amides is 1. The number of benzene rings is 1. The summed E-state index contributed by atoms with van der Waals surface area (Å²) in [5, 5.41) is 6.02. The molecular weight excluding hydrogens is 338 g/mol. The van der Waals surface area contributed by atoms with Crippen molar-refractivity contribution in [3.05, 3.63) is 47.2 Å². The third-order valence-electron chi connectivity index (χ3n) is 4.36. The summed E-state index contributed by atoms with van der Waals surface area (Å²) in [7, 11) is 1.62. The first-order valence-electron chi connectivity index (χ1n) is 7.98. The summed E-state index contributed by atoms with van der Waals surface area (Å²) in [6.45, 7) is 2.51. The van der Waals surface area contributed by atoms with E-state index in [9.17, 15) is 4.79 Å². The molecule has 0 spiro atoms. The Labute approximate surface area is 149 Å². The number of rotatable bonds is 4. The maximum atomic E-state index is 12.5. The second kappa shape index (κ2) is 6.33. The molecule has 2 aromatic heterocycles. The van der Waals surface area contributed by atoms with Crippen LogP contribution in [0, 0.1) is 6.92 Å². The number of methoxy groups -OCH3 is 1. The van der Waals surface area contributed by atoms with Gasteiger partial charge in [0.15, 0.2) is 0 Å². The van der Waals surface area contributed by atoms with Crippen LogP contribution in [-0.2, 0) is 4.79 Å². The van der Waals surface area contributed by atoms with E-state index in [1.807, 2.05) is 42.6 Å². The molecule has 1 aliphatic heterocycles. The first kappa shape index (κ1) is 15.8. The maximum absolute atomic E-state index is 12.5. The van der Waals surface area contributed by atoms with Crippen LogP contribution in [0.4, 0.5) is 5.69 Å². The van der Waals surface area contributed by atoms with Gasteiger partial charge in [-0.3, -0.25) is 4.79 Å². The van der Waals surface area contributed by atoms with Gasteiger partial charge in [0.1, 0.15) is 5.75 Å². The molecule has 1 saturated heterocycles. The first-order chi connectivity index (χ1) is 12.2. The van der Waals surface area contributed by atoms with Crippen molar-refractivity contribution in [2.75, 3.05) is 18.6 Å². The molecule has 128 valence electrons. The molecule has 0 N–H and O–H groups in total. The highest BCUT2D eigenvalue weighted by Crippen LogP contribution is 2.35. The minimum atomic E-state index is -0.0979. The molecule has 3 aromatic rings. The zero-order chi connectivity index (χ0) is 17.4. The van der Waals surface area contributed by atoms with E-state index in [1.54, 1.807) is 23.3 Å². The molecule has 3 heterocycles. The highest BCUT2D eigenvalue weighted by molar-refractivity contribution is 7.13. The SMILES string of the molecule is COc1ccc(C)c(N2CC(c3nc(-c4cccs4)no3)CC2=O)c1. The van der Waals surface area contributed by atoms with E-state index in [-0.39, 0.29) is 11.8 Å². The van der Waals surface area contributed by atoms with E-state index in [0.717, 1.165) is 21.9 Å². The molecule has 1 aromatic carbocycles. The zero-order valence-electron chi connectivity index (χ0n) is 13.9. The summed E-state index contributed by atoms with van der Waals surface area (Å²) in [4.78, 5) is 19.8. The van der Waals surface area contributed by atoms with Crippen molar-refractivity contribution in [3.8, 4) is 16.5 Å². The van der Waals surface area contributed by atoms with E-state index in [4.69, 9.17) is 9.26 Å². The van der Waals surface area contributed by atoms with Gasteiger partial charge in [-0.1, -0.05) is 17.3 Å². The number of thiophene rings is 1. The third-order valence-corrected chi connectivity index (χ3v) is 5.23. The van der Waals surface area contributed by atoms with Gasteiger partial charge in [-0.05, 0) is 30.0 Å². The number of anilines is 1. The topological polar surface area (TPSA) is 68.5 Å². The lowest BCUT2D eigenvalue weighted by molar-refractivity contribution is -0.117. The Kier molecular flexibility index (Phi) is 4.01. The second-order valence-electron chi connectivity index (χ2n) is 5.99. The molecule has 1 unspecified atom stereocenters. The molecule has 6 nitrogen and oxygen atoms in total. The monoisotopic (exact) mass is 355 g/mol. The Morgan fingerprint density at radius 2 is 2.24 bits per heavy atom. The fraction of sp³-hybridized carbons (Fsp3) is 0.278. The van der Waals surface area contributed by atoms with Gasteiger partial charge in [-0.25, -0.2) is 0 Å². The van der Waals surface area contributed by atoms with Crippen LogP contribution in [0.3, 0.4) is 0 Å². The number of ether oxygens (including phenoxy) is 1. The van der Waals surface area contributed by atoms with Crippen LogP contribution in [0.1, 0.15) is 23.8 Å². The summed E-state index contributed by atoms with van der Waals surface area (Å²) in [5.74, 6) is 1.78. The smallest absolute Gasteiger partial charge is 0.232 e. The molecule has 1 aliphatic rings. The molecule has 7 heteroatoms. The summed E-state index contributed by atoms with van der Waals surface area (Å²) < 4.78 is 10.7. The maximum Gasteiger partial charge on any atom is 0.232 e. The minimum absolute atomic E-state index is 0.0530. The van der Waals surface area contributed by atoms with Crippen molar-refractivity contribution in [2.24, 2.45) is 0 Å². The first-order valence-corrected chi connectivity index (χ1v) is 8.86. The predicted molar refractivity (Wildman–Crippen MR) is 95.1 cm³/mol. The summed E-state index contributed by atoms with van der Waals surface area (Å²) in [6.07, 6.45) is 0.364. The minimum Gasteiger partial charge on any atom is -0.497 e. The van der Waals surface area contributed by atoms with E-state index < -0.39 is 0 Å². The van der Waals surface area contributed by atoms with Crippen LogP contribution < -0.4 is 9.64 Å². The Hall–Kier alpha value is -2.67. The zero-order valence-corrected chi connectivity index (χ0v) is 14.7. The quantitative estimate of drug-likeness (QED) is 0.715. The molecule has 4 rings (SSSR count). The molecule has 0 radical (unpaired) electrons. The predicted octanol–water partition coefficient (Wildman–Crippen LogP) is 3.64. The van der Waals surface area contributed by atoms with Gasteiger partial charge in [0.05, 0.1) is 23.6 Å². The average Bonchev–Trinajstić information content (AvgIpc) is 3.35. The molecule has 0 bridgehead atoms. The van der Waals surface area contributed by atoms with Crippen LogP contribution in [0.25, 0.3) is 10.7 Å². The summed E-state index contributed by atoms with van der Waals surface area (Å²) in [5.41, 5.74) is 1.89. The molecular formula is C18H17N3O3S. The Balaban J connectivity index is 1.59. The average molecular weight is 355 g/mol. The van der Waals surface area contributed by atoms with Crippen molar-refractivity contribution < 1.29 is 14.1 Å². The van der Waals surface area contributed by atoms with Gasteiger partial charge in [0, 0.05) is 19.0 Å². The number of hydrogen-bond donors (Lipinski definition) is 0. The van der Waals surface area contributed by atoms with Crippen LogP contribution in [-0.4, -0.2) is 29.7 Å². The fourth-order valence-corrected chi connectivity index (χ4v) is 3.67. The summed E-state index contributed by atoms with van der Waals surface area (Å²) >= 11 is 1.56. The van der Waals surface area contributed by atoms with E-state index >= 15 is 0 Å². The van der Waals surface area contributed by atoms with Crippen molar-refractivity contribution >= 4 is 22.9 Å². The standard InChI is InChI=1S/C18H17N3O3S/c1-11-5-6-13(23-2)9-14(11)21-10-12(8-16(21)22)18-19-17(20-24-18)15-4-3-7-25-15/h3-7,9,12H,8,10H2,1-2H3. The number of aryl methyl sites for hydroxylation is 1. The molecule has 1 atom stereocenters. The van der Waals surface area contributed by atoms with Gasteiger partial charge < -0.3 is 14.2 Å². The Morgan fingerprint density at radius 3 is 3.00 bits per heavy atom. The van der Waals surface area contributed by atoms with Gasteiger partial charge in [-0.15, -0.1) is 11.3 Å². The summed E-state index contributed by atoms with van der Waals surface area (Å²) in [6, 6.07) is 9.63. The van der Waals surface area contributed by atoms with Gasteiger partial charge >= 0.3 is 0 Å². The molecule has 1 amide bonds. The van der Waals surface area contributed by atoms with Crippen molar-refractivity contribution in [1.82, 2.24) is 10.1 Å². The van der Waals surface area contributed by atoms with E-state index in [0.29, 0.717) is 24.7 Å². The van der Waals surface area contributed by atoms with Crippen LogP contribution in [0.15, 0.2) is 40.2 Å². The number of carbonyl (C=O) groups excluding carboxylic acids is 1. The number of nitrogens with zero attached hydrogens (tertiary/aromatic N) is 3. The lowest BCUT2D eigenvalue weighted by atomic mass is 10.1. The Morgan fingerprint density at radius 1 is 1.36 bits per heavy atom. The van der Waals surface area contributed by atoms with Crippen LogP contribution >= 0.6 is 11.3 Å². The molecule has 0 saturated carbocycles. The van der Waals surface area contributed by atoms with E-state index in [1.165, 1.54) is 0 Å². The lowest BCUT2D eigenvalue weighted by Crippen LogP contribution is -2.25. The lowest BCUT2D eigenvalue weighted by Gasteiger charge is -2.19. The molecule has 1 fully saturated rings. The van der Waals surface area contributed by atoms with Gasteiger partial charge in [0.2, 0.25) is 17.6 Å². The molecule has 0 aliphatic carbocycles. The second-order valence-corrected chi connectivity index (χ2v) is 6.94. The number of hydrogen-bond acceptors (Lipinski definition) is 6. The van der Waals surface area contributed by atoms with Crippen LogP contribution in [0.2, 0.25) is 0 Å².